The Morgan fingerprint density at radius 1 is 1.19 bits per heavy atom. The molecule has 2 aromatic carbocycles. The third-order valence-electron chi connectivity index (χ3n) is 4.00. The summed E-state index contributed by atoms with van der Waals surface area (Å²) in [6, 6.07) is 11.7. The van der Waals surface area contributed by atoms with E-state index in [0.29, 0.717) is 5.75 Å². The lowest BCUT2D eigenvalue weighted by atomic mass is 10.2. The lowest BCUT2D eigenvalue weighted by molar-refractivity contribution is 0.482. The summed E-state index contributed by atoms with van der Waals surface area (Å²) in [6.07, 6.45) is 0.260. The fourth-order valence-electron chi connectivity index (χ4n) is 2.67. The maximum Gasteiger partial charge on any atom is 0.240 e. The van der Waals surface area contributed by atoms with E-state index in [1.807, 2.05) is 6.07 Å². The van der Waals surface area contributed by atoms with Gasteiger partial charge in [0.25, 0.3) is 0 Å². The van der Waals surface area contributed by atoms with Crippen LogP contribution in [0.5, 0.6) is 11.5 Å². The molecule has 1 saturated heterocycles. The Morgan fingerprint density at radius 2 is 1.89 bits per heavy atom. The minimum atomic E-state index is -3.84. The number of nitrogens with one attached hydrogen (secondary N) is 1. The molecule has 0 aliphatic carbocycles. The van der Waals surface area contributed by atoms with E-state index in [1.54, 1.807) is 18.2 Å². The van der Waals surface area contributed by atoms with Gasteiger partial charge in [0, 0.05) is 6.04 Å². The van der Waals surface area contributed by atoms with E-state index in [9.17, 15) is 16.8 Å². The molecule has 3 rings (SSSR count). The van der Waals surface area contributed by atoms with Gasteiger partial charge < -0.3 is 4.74 Å². The number of hydrogen-bond donors (Lipinski definition) is 1. The van der Waals surface area contributed by atoms with Gasteiger partial charge in [-0.3, -0.25) is 0 Å². The highest BCUT2D eigenvalue weighted by molar-refractivity contribution is 7.92. The zero-order valence-electron chi connectivity index (χ0n) is 13.9. The number of sulfonamides is 1. The summed E-state index contributed by atoms with van der Waals surface area (Å²) >= 11 is 6.08. The molecule has 1 atom stereocenters. The first kappa shape index (κ1) is 19.6. The molecule has 1 N–H and O–H groups in total. The van der Waals surface area contributed by atoms with E-state index in [2.05, 4.69) is 4.72 Å². The van der Waals surface area contributed by atoms with Crippen LogP contribution >= 0.6 is 11.6 Å². The van der Waals surface area contributed by atoms with Crippen LogP contribution in [0.1, 0.15) is 12.0 Å². The van der Waals surface area contributed by atoms with Gasteiger partial charge >= 0.3 is 0 Å². The molecular weight excluding hydrogens is 412 g/mol. The summed E-state index contributed by atoms with van der Waals surface area (Å²) in [4.78, 5) is -0.00368. The van der Waals surface area contributed by atoms with Gasteiger partial charge in [-0.25, -0.2) is 21.6 Å². The Labute approximate surface area is 162 Å². The second kappa shape index (κ2) is 7.48. The van der Waals surface area contributed by atoms with Crippen molar-refractivity contribution in [1.29, 1.82) is 5.26 Å². The van der Waals surface area contributed by atoms with Crippen molar-refractivity contribution in [2.45, 2.75) is 17.4 Å². The lowest BCUT2D eigenvalue weighted by Gasteiger charge is -2.12. The van der Waals surface area contributed by atoms with Gasteiger partial charge in [0.15, 0.2) is 9.84 Å². The monoisotopic (exact) mass is 426 g/mol. The first-order valence-electron chi connectivity index (χ1n) is 7.89. The smallest absolute Gasteiger partial charge is 0.240 e. The summed E-state index contributed by atoms with van der Waals surface area (Å²) < 4.78 is 55.8. The summed E-state index contributed by atoms with van der Waals surface area (Å²) in [7, 11) is -7.03. The van der Waals surface area contributed by atoms with Crippen molar-refractivity contribution >= 4 is 31.5 Å². The average Bonchev–Trinajstić information content (AvgIpc) is 2.95. The fraction of sp³-hybridized carbons (Fsp3) is 0.235. The Balaban J connectivity index is 1.74. The number of sulfone groups is 1. The number of benzene rings is 2. The number of hydrogen-bond acceptors (Lipinski definition) is 6. The van der Waals surface area contributed by atoms with Crippen LogP contribution in [0, 0.1) is 11.3 Å². The standard InChI is InChI=1S/C17H15ClN2O5S2/c18-17-12(10-19)2-1-3-16(17)25-14-4-6-15(7-5-14)27(23,24)20-13-8-9-26(21,22)11-13/h1-7,13,20H,8-9,11H2. The molecule has 0 amide bonds. The average molecular weight is 427 g/mol. The second-order valence-electron chi connectivity index (χ2n) is 6.02. The predicted molar refractivity (Wildman–Crippen MR) is 100 cm³/mol. The molecule has 1 unspecified atom stereocenters. The highest BCUT2D eigenvalue weighted by Crippen LogP contribution is 2.32. The van der Waals surface area contributed by atoms with Crippen LogP contribution in [-0.2, 0) is 19.9 Å². The minimum Gasteiger partial charge on any atom is -0.456 e. The Bertz CT molecular complexity index is 1110. The molecule has 0 aromatic heterocycles. The maximum atomic E-state index is 12.4. The summed E-state index contributed by atoms with van der Waals surface area (Å²) in [5, 5.41) is 9.15. The third kappa shape index (κ3) is 4.59. The van der Waals surface area contributed by atoms with Gasteiger partial charge in [0.05, 0.1) is 22.0 Å². The molecular formula is C17H15ClN2O5S2. The molecule has 1 aliphatic heterocycles. The lowest BCUT2D eigenvalue weighted by Crippen LogP contribution is -2.35. The van der Waals surface area contributed by atoms with Gasteiger partial charge in [0.2, 0.25) is 10.0 Å². The van der Waals surface area contributed by atoms with E-state index in [1.165, 1.54) is 24.3 Å². The van der Waals surface area contributed by atoms with Crippen LogP contribution in [-0.4, -0.2) is 34.4 Å². The Hall–Kier alpha value is -2.12. The van der Waals surface area contributed by atoms with Gasteiger partial charge in [0.1, 0.15) is 22.6 Å². The van der Waals surface area contributed by atoms with Crippen LogP contribution in [0.4, 0.5) is 0 Å². The third-order valence-corrected chi connectivity index (χ3v) is 7.69. The van der Waals surface area contributed by atoms with Crippen LogP contribution in [0.15, 0.2) is 47.4 Å². The Morgan fingerprint density at radius 3 is 2.48 bits per heavy atom. The van der Waals surface area contributed by atoms with Crippen molar-refractivity contribution in [3.05, 3.63) is 53.1 Å². The summed E-state index contributed by atoms with van der Waals surface area (Å²) in [5.74, 6) is 0.409. The van der Waals surface area contributed by atoms with Crippen molar-refractivity contribution < 1.29 is 21.6 Å². The van der Waals surface area contributed by atoms with Gasteiger partial charge in [-0.1, -0.05) is 17.7 Å². The zero-order valence-corrected chi connectivity index (χ0v) is 16.3. The largest absolute Gasteiger partial charge is 0.456 e. The first-order valence-corrected chi connectivity index (χ1v) is 11.6. The predicted octanol–water partition coefficient (Wildman–Crippen LogP) is 2.47. The normalized spacial score (nSPS) is 18.7. The highest BCUT2D eigenvalue weighted by Gasteiger charge is 2.31. The van der Waals surface area contributed by atoms with Crippen LogP contribution < -0.4 is 9.46 Å². The van der Waals surface area contributed by atoms with E-state index < -0.39 is 25.9 Å². The van der Waals surface area contributed by atoms with E-state index >= 15 is 0 Å². The second-order valence-corrected chi connectivity index (χ2v) is 10.3. The molecule has 7 nitrogen and oxygen atoms in total. The summed E-state index contributed by atoms with van der Waals surface area (Å²) in [6.45, 7) is 0. The van der Waals surface area contributed by atoms with Crippen LogP contribution in [0.3, 0.4) is 0 Å². The molecule has 142 valence electrons. The molecule has 27 heavy (non-hydrogen) atoms. The molecule has 10 heteroatoms. The Kier molecular flexibility index (Phi) is 5.44. The number of rotatable bonds is 5. The molecule has 0 bridgehead atoms. The molecule has 2 aromatic rings. The molecule has 0 spiro atoms. The van der Waals surface area contributed by atoms with E-state index in [4.69, 9.17) is 21.6 Å². The number of ether oxygens (including phenoxy) is 1. The number of halogens is 1. The molecule has 0 radical (unpaired) electrons. The van der Waals surface area contributed by atoms with Crippen molar-refractivity contribution in [2.24, 2.45) is 0 Å². The maximum absolute atomic E-state index is 12.4. The van der Waals surface area contributed by atoms with Gasteiger partial charge in [-0.15, -0.1) is 0 Å². The minimum absolute atomic E-state index is 0.00368. The molecule has 1 aliphatic rings. The number of nitriles is 1. The van der Waals surface area contributed by atoms with Crippen molar-refractivity contribution in [3.8, 4) is 17.6 Å². The van der Waals surface area contributed by atoms with Crippen molar-refractivity contribution in [3.63, 3.8) is 0 Å². The highest BCUT2D eigenvalue weighted by atomic mass is 35.5. The van der Waals surface area contributed by atoms with Gasteiger partial charge in [-0.2, -0.15) is 5.26 Å². The quantitative estimate of drug-likeness (QED) is 0.785. The zero-order chi connectivity index (χ0) is 19.7. The SMILES string of the molecule is N#Cc1cccc(Oc2ccc(S(=O)(=O)NC3CCS(=O)(=O)C3)cc2)c1Cl. The number of nitrogens with zero attached hydrogens (tertiary/aromatic N) is 1. The molecule has 1 fully saturated rings. The van der Waals surface area contributed by atoms with Crippen LogP contribution in [0.25, 0.3) is 0 Å². The summed E-state index contributed by atoms with van der Waals surface area (Å²) in [5.41, 5.74) is 0.268. The van der Waals surface area contributed by atoms with Gasteiger partial charge in [-0.05, 0) is 42.8 Å². The molecule has 0 saturated carbocycles. The van der Waals surface area contributed by atoms with E-state index in [-0.39, 0.29) is 39.2 Å². The topological polar surface area (TPSA) is 113 Å². The van der Waals surface area contributed by atoms with Crippen molar-refractivity contribution in [1.82, 2.24) is 4.72 Å². The van der Waals surface area contributed by atoms with E-state index in [0.717, 1.165) is 0 Å². The molecule has 1 heterocycles. The first-order chi connectivity index (χ1) is 12.7. The van der Waals surface area contributed by atoms with Crippen LogP contribution in [0.2, 0.25) is 5.02 Å². The van der Waals surface area contributed by atoms with Crippen molar-refractivity contribution in [2.75, 3.05) is 11.5 Å². The fourth-order valence-corrected chi connectivity index (χ4v) is 5.92.